The molecule has 0 spiro atoms. The summed E-state index contributed by atoms with van der Waals surface area (Å²) in [5.41, 5.74) is 4.98. The summed E-state index contributed by atoms with van der Waals surface area (Å²) in [6.07, 6.45) is 1.59. The van der Waals surface area contributed by atoms with E-state index < -0.39 is 6.04 Å². The predicted octanol–water partition coefficient (Wildman–Crippen LogP) is 2.91. The number of hydrogen-bond acceptors (Lipinski definition) is 4. The largest absolute Gasteiger partial charge is 0.271 e. The first-order chi connectivity index (χ1) is 11.1. The van der Waals surface area contributed by atoms with Crippen molar-refractivity contribution in [3.05, 3.63) is 58.6 Å². The van der Waals surface area contributed by atoms with E-state index in [9.17, 15) is 4.79 Å². The standard InChI is InChI=1S/C16H14BrN5O/c1-11(22-15-8-3-2-7-14(15)19-21-22)16(23)20-18-10-12-5-4-6-13(17)9-12/h2-11H,1H3,(H,20,23)/t11-/m1/s1. The predicted molar refractivity (Wildman–Crippen MR) is 92.1 cm³/mol. The Morgan fingerprint density at radius 1 is 1.30 bits per heavy atom. The number of nitrogens with zero attached hydrogens (tertiary/aromatic N) is 4. The zero-order valence-electron chi connectivity index (χ0n) is 12.3. The van der Waals surface area contributed by atoms with Gasteiger partial charge in [0.1, 0.15) is 11.6 Å². The second-order valence-electron chi connectivity index (χ2n) is 4.99. The zero-order chi connectivity index (χ0) is 16.2. The highest BCUT2D eigenvalue weighted by Crippen LogP contribution is 2.15. The van der Waals surface area contributed by atoms with Gasteiger partial charge in [-0.3, -0.25) is 4.79 Å². The quantitative estimate of drug-likeness (QED) is 0.566. The summed E-state index contributed by atoms with van der Waals surface area (Å²) in [6, 6.07) is 14.6. The first kappa shape index (κ1) is 15.4. The highest BCUT2D eigenvalue weighted by molar-refractivity contribution is 9.10. The minimum absolute atomic E-state index is 0.258. The lowest BCUT2D eigenvalue weighted by Gasteiger charge is -2.10. The number of nitrogens with one attached hydrogen (secondary N) is 1. The van der Waals surface area contributed by atoms with Crippen molar-refractivity contribution >= 4 is 39.1 Å². The van der Waals surface area contributed by atoms with Crippen molar-refractivity contribution in [3.8, 4) is 0 Å². The molecule has 3 rings (SSSR count). The second kappa shape index (κ2) is 6.70. The lowest BCUT2D eigenvalue weighted by molar-refractivity contribution is -0.124. The van der Waals surface area contributed by atoms with Crippen molar-refractivity contribution in [1.82, 2.24) is 20.4 Å². The SMILES string of the molecule is C[C@H](C(=O)NN=Cc1cccc(Br)c1)n1nnc2ccccc21. The van der Waals surface area contributed by atoms with E-state index in [1.807, 2.05) is 48.5 Å². The van der Waals surface area contributed by atoms with Crippen molar-refractivity contribution in [2.75, 3.05) is 0 Å². The van der Waals surface area contributed by atoms with E-state index in [2.05, 4.69) is 36.8 Å². The van der Waals surface area contributed by atoms with E-state index in [1.54, 1.807) is 17.8 Å². The molecule has 0 unspecified atom stereocenters. The Labute approximate surface area is 141 Å². The fourth-order valence-electron chi connectivity index (χ4n) is 2.13. The van der Waals surface area contributed by atoms with Gasteiger partial charge in [-0.05, 0) is 36.8 Å². The van der Waals surface area contributed by atoms with E-state index in [0.29, 0.717) is 0 Å². The van der Waals surface area contributed by atoms with Gasteiger partial charge in [-0.25, -0.2) is 10.1 Å². The van der Waals surface area contributed by atoms with Crippen LogP contribution in [-0.2, 0) is 4.79 Å². The molecular formula is C16H14BrN5O. The topological polar surface area (TPSA) is 72.2 Å². The average molecular weight is 372 g/mol. The second-order valence-corrected chi connectivity index (χ2v) is 5.90. The van der Waals surface area contributed by atoms with E-state index in [-0.39, 0.29) is 5.91 Å². The molecule has 1 atom stereocenters. The van der Waals surface area contributed by atoms with Gasteiger partial charge >= 0.3 is 0 Å². The molecule has 116 valence electrons. The van der Waals surface area contributed by atoms with Crippen LogP contribution >= 0.6 is 15.9 Å². The number of aromatic nitrogens is 3. The molecule has 7 heteroatoms. The molecule has 1 N–H and O–H groups in total. The number of hydrogen-bond donors (Lipinski definition) is 1. The first-order valence-electron chi connectivity index (χ1n) is 7.03. The fraction of sp³-hybridized carbons (Fsp3) is 0.125. The number of carbonyl (C=O) groups excluding carboxylic acids is 1. The molecule has 0 saturated carbocycles. The highest BCUT2D eigenvalue weighted by Gasteiger charge is 2.17. The molecular weight excluding hydrogens is 358 g/mol. The minimum atomic E-state index is -0.512. The molecule has 6 nitrogen and oxygen atoms in total. The summed E-state index contributed by atoms with van der Waals surface area (Å²) in [5, 5.41) is 12.1. The maximum absolute atomic E-state index is 12.2. The van der Waals surface area contributed by atoms with E-state index >= 15 is 0 Å². The van der Waals surface area contributed by atoms with Gasteiger partial charge in [0.15, 0.2) is 0 Å². The molecule has 0 aliphatic heterocycles. The number of amides is 1. The average Bonchev–Trinajstić information content (AvgIpc) is 2.98. The first-order valence-corrected chi connectivity index (χ1v) is 7.83. The maximum atomic E-state index is 12.2. The summed E-state index contributed by atoms with van der Waals surface area (Å²) in [6.45, 7) is 1.76. The number of para-hydroxylation sites is 1. The Hall–Kier alpha value is -2.54. The molecule has 3 aromatic rings. The third-order valence-electron chi connectivity index (χ3n) is 3.36. The van der Waals surface area contributed by atoms with E-state index in [4.69, 9.17) is 0 Å². The van der Waals surface area contributed by atoms with Gasteiger partial charge in [-0.15, -0.1) is 5.10 Å². The molecule has 1 aromatic heterocycles. The molecule has 0 radical (unpaired) electrons. The van der Waals surface area contributed by atoms with Crippen molar-refractivity contribution in [1.29, 1.82) is 0 Å². The summed E-state index contributed by atoms with van der Waals surface area (Å²) >= 11 is 3.39. The fourth-order valence-corrected chi connectivity index (χ4v) is 2.55. The molecule has 0 aliphatic carbocycles. The van der Waals surface area contributed by atoms with E-state index in [1.165, 1.54) is 0 Å². The minimum Gasteiger partial charge on any atom is -0.271 e. The molecule has 2 aromatic carbocycles. The van der Waals surface area contributed by atoms with Crippen molar-refractivity contribution < 1.29 is 4.79 Å². The molecule has 0 fully saturated rings. The summed E-state index contributed by atoms with van der Waals surface area (Å²) in [7, 11) is 0. The van der Waals surface area contributed by atoms with Crippen molar-refractivity contribution in [3.63, 3.8) is 0 Å². The summed E-state index contributed by atoms with van der Waals surface area (Å²) in [5.74, 6) is -0.258. The number of fused-ring (bicyclic) bond motifs is 1. The zero-order valence-corrected chi connectivity index (χ0v) is 13.9. The summed E-state index contributed by atoms with van der Waals surface area (Å²) in [4.78, 5) is 12.2. The van der Waals surface area contributed by atoms with Crippen molar-refractivity contribution in [2.45, 2.75) is 13.0 Å². The van der Waals surface area contributed by atoms with Crippen molar-refractivity contribution in [2.24, 2.45) is 5.10 Å². The van der Waals surface area contributed by atoms with Gasteiger partial charge in [-0.1, -0.05) is 45.4 Å². The van der Waals surface area contributed by atoms with Crippen LogP contribution in [-0.4, -0.2) is 27.1 Å². The van der Waals surface area contributed by atoms with Crippen LogP contribution in [0.1, 0.15) is 18.5 Å². The van der Waals surface area contributed by atoms with Crippen LogP contribution in [0, 0.1) is 0 Å². The lowest BCUT2D eigenvalue weighted by Crippen LogP contribution is -2.28. The summed E-state index contributed by atoms with van der Waals surface area (Å²) < 4.78 is 2.54. The number of carbonyl (C=O) groups is 1. The third-order valence-corrected chi connectivity index (χ3v) is 3.85. The Kier molecular flexibility index (Phi) is 4.47. The van der Waals surface area contributed by atoms with Crippen LogP contribution < -0.4 is 5.43 Å². The molecule has 23 heavy (non-hydrogen) atoms. The van der Waals surface area contributed by atoms with Gasteiger partial charge in [0, 0.05) is 4.47 Å². The van der Waals surface area contributed by atoms with E-state index in [0.717, 1.165) is 21.1 Å². The Morgan fingerprint density at radius 3 is 2.96 bits per heavy atom. The molecule has 0 aliphatic rings. The van der Waals surface area contributed by atoms with Crippen LogP contribution in [0.4, 0.5) is 0 Å². The van der Waals surface area contributed by atoms with Gasteiger partial charge in [0.25, 0.3) is 5.91 Å². The maximum Gasteiger partial charge on any atom is 0.264 e. The van der Waals surface area contributed by atoms with Crippen LogP contribution in [0.3, 0.4) is 0 Å². The molecule has 0 bridgehead atoms. The lowest BCUT2D eigenvalue weighted by atomic mass is 10.2. The number of halogens is 1. The van der Waals surface area contributed by atoms with Gasteiger partial charge in [0.05, 0.1) is 11.7 Å². The molecule has 1 heterocycles. The number of benzene rings is 2. The molecule has 0 saturated heterocycles. The Bertz CT molecular complexity index is 874. The smallest absolute Gasteiger partial charge is 0.264 e. The van der Waals surface area contributed by atoms with Crippen LogP contribution in [0.2, 0.25) is 0 Å². The normalized spacial score (nSPS) is 12.6. The third kappa shape index (κ3) is 3.45. The van der Waals surface area contributed by atoms with Crippen LogP contribution in [0.15, 0.2) is 58.1 Å². The monoisotopic (exact) mass is 371 g/mol. The highest BCUT2D eigenvalue weighted by atomic mass is 79.9. The van der Waals surface area contributed by atoms with Gasteiger partial charge in [0.2, 0.25) is 0 Å². The van der Waals surface area contributed by atoms with Crippen LogP contribution in [0.5, 0.6) is 0 Å². The van der Waals surface area contributed by atoms with Gasteiger partial charge < -0.3 is 0 Å². The van der Waals surface area contributed by atoms with Gasteiger partial charge in [-0.2, -0.15) is 5.10 Å². The molecule has 1 amide bonds. The van der Waals surface area contributed by atoms with Crippen LogP contribution in [0.25, 0.3) is 11.0 Å². The number of hydrazone groups is 1. The Morgan fingerprint density at radius 2 is 2.13 bits per heavy atom. The Balaban J connectivity index is 1.70. The number of rotatable bonds is 4.